The van der Waals surface area contributed by atoms with Gasteiger partial charge >= 0.3 is 0 Å². The number of halogens is 2. The molecule has 0 atom stereocenters. The molecule has 2 rings (SSSR count). The molecule has 0 spiro atoms. The third-order valence-electron chi connectivity index (χ3n) is 2.94. The summed E-state index contributed by atoms with van der Waals surface area (Å²) >= 11 is 5.58. The van der Waals surface area contributed by atoms with E-state index in [2.05, 4.69) is 10.3 Å². The smallest absolute Gasteiger partial charge is 0.251 e. The van der Waals surface area contributed by atoms with E-state index in [1.165, 1.54) is 26.4 Å². The maximum Gasteiger partial charge on any atom is 0.251 e. The first-order valence-electron chi connectivity index (χ1n) is 6.36. The Morgan fingerprint density at radius 2 is 2.05 bits per heavy atom. The maximum atomic E-state index is 13.3. The molecular formula is C15H14ClFN2O3. The minimum absolute atomic E-state index is 0.0300. The molecule has 0 radical (unpaired) electrons. The molecule has 1 heterocycles. The van der Waals surface area contributed by atoms with Crippen molar-refractivity contribution in [3.05, 3.63) is 52.3 Å². The average Bonchev–Trinajstić information content (AvgIpc) is 2.54. The highest BCUT2D eigenvalue weighted by Crippen LogP contribution is 2.20. The molecule has 0 aliphatic rings. The van der Waals surface area contributed by atoms with Crippen molar-refractivity contribution in [3.8, 4) is 11.8 Å². The fourth-order valence-corrected chi connectivity index (χ4v) is 1.91. The van der Waals surface area contributed by atoms with Crippen LogP contribution in [0.3, 0.4) is 0 Å². The molecule has 0 saturated heterocycles. The van der Waals surface area contributed by atoms with Gasteiger partial charge in [0.25, 0.3) is 5.91 Å². The van der Waals surface area contributed by atoms with Crippen LogP contribution in [0, 0.1) is 5.82 Å². The summed E-state index contributed by atoms with van der Waals surface area (Å²) in [6, 6.07) is 7.26. The summed E-state index contributed by atoms with van der Waals surface area (Å²) in [5.41, 5.74) is 0.855. The van der Waals surface area contributed by atoms with Crippen molar-refractivity contribution >= 4 is 17.5 Å². The molecule has 7 heteroatoms. The van der Waals surface area contributed by atoms with Crippen LogP contribution in [0.2, 0.25) is 5.02 Å². The Bertz CT molecular complexity index is 694. The Hall–Kier alpha value is -2.34. The monoisotopic (exact) mass is 324 g/mol. The van der Waals surface area contributed by atoms with Crippen LogP contribution in [0.15, 0.2) is 30.3 Å². The largest absolute Gasteiger partial charge is 0.481 e. The van der Waals surface area contributed by atoms with Gasteiger partial charge < -0.3 is 14.8 Å². The number of nitrogens with zero attached hydrogens (tertiary/aromatic N) is 1. The number of carbonyl (C=O) groups excluding carboxylic acids is 1. The second kappa shape index (κ2) is 7.09. The lowest BCUT2D eigenvalue weighted by atomic mass is 10.2. The molecule has 116 valence electrons. The normalized spacial score (nSPS) is 10.2. The Morgan fingerprint density at radius 3 is 2.68 bits per heavy atom. The molecule has 1 amide bonds. The summed E-state index contributed by atoms with van der Waals surface area (Å²) < 4.78 is 23.5. The number of carbonyl (C=O) groups is 1. The molecule has 1 N–H and O–H groups in total. The lowest BCUT2D eigenvalue weighted by Gasteiger charge is -2.10. The summed E-state index contributed by atoms with van der Waals surface area (Å²) in [7, 11) is 2.97. The number of amides is 1. The lowest BCUT2D eigenvalue weighted by Crippen LogP contribution is -2.23. The Labute approximate surface area is 132 Å². The van der Waals surface area contributed by atoms with Crippen LogP contribution in [-0.4, -0.2) is 25.1 Å². The molecule has 5 nitrogen and oxygen atoms in total. The number of hydrogen-bond acceptors (Lipinski definition) is 4. The second-order valence-electron chi connectivity index (χ2n) is 4.33. The van der Waals surface area contributed by atoms with E-state index in [1.807, 2.05) is 0 Å². The van der Waals surface area contributed by atoms with E-state index >= 15 is 0 Å². The third kappa shape index (κ3) is 3.65. The van der Waals surface area contributed by atoms with Crippen LogP contribution in [0.5, 0.6) is 11.8 Å². The van der Waals surface area contributed by atoms with Crippen LogP contribution >= 0.6 is 11.6 Å². The third-order valence-corrected chi connectivity index (χ3v) is 3.24. The molecular weight excluding hydrogens is 311 g/mol. The van der Waals surface area contributed by atoms with Crippen molar-refractivity contribution < 1.29 is 18.7 Å². The molecule has 1 aromatic carbocycles. The van der Waals surface area contributed by atoms with Gasteiger partial charge in [-0.25, -0.2) is 4.39 Å². The van der Waals surface area contributed by atoms with Crippen molar-refractivity contribution in [2.45, 2.75) is 6.54 Å². The molecule has 22 heavy (non-hydrogen) atoms. The molecule has 2 aromatic rings. The van der Waals surface area contributed by atoms with Crippen LogP contribution < -0.4 is 14.8 Å². The molecule has 1 aromatic heterocycles. The van der Waals surface area contributed by atoms with Crippen LogP contribution in [0.4, 0.5) is 4.39 Å². The van der Waals surface area contributed by atoms with E-state index in [1.54, 1.807) is 12.1 Å². The number of benzene rings is 1. The maximum absolute atomic E-state index is 13.3. The van der Waals surface area contributed by atoms with Crippen LogP contribution in [0.25, 0.3) is 0 Å². The van der Waals surface area contributed by atoms with Gasteiger partial charge in [0.1, 0.15) is 5.82 Å². The zero-order chi connectivity index (χ0) is 16.1. The quantitative estimate of drug-likeness (QED) is 0.918. The first-order valence-corrected chi connectivity index (χ1v) is 6.74. The van der Waals surface area contributed by atoms with Gasteiger partial charge in [0, 0.05) is 23.7 Å². The molecule has 0 unspecified atom stereocenters. The van der Waals surface area contributed by atoms with Gasteiger partial charge in [0.05, 0.1) is 19.2 Å². The van der Waals surface area contributed by atoms with E-state index in [0.717, 1.165) is 6.07 Å². The standard InChI is InChI=1S/C15H14ClFN2O3/c1-21-13-6-4-10(15(19-13)22-2)8-18-14(20)9-3-5-11(16)12(17)7-9/h3-7H,8H2,1-2H3,(H,18,20). The summed E-state index contributed by atoms with van der Waals surface area (Å²) in [6.45, 7) is 0.184. The number of hydrogen-bond donors (Lipinski definition) is 1. The van der Waals surface area contributed by atoms with Gasteiger partial charge in [-0.15, -0.1) is 0 Å². The predicted octanol–water partition coefficient (Wildman–Crippen LogP) is 2.82. The Morgan fingerprint density at radius 1 is 1.27 bits per heavy atom. The highest BCUT2D eigenvalue weighted by molar-refractivity contribution is 6.30. The van der Waals surface area contributed by atoms with Gasteiger partial charge in [-0.1, -0.05) is 11.6 Å². The fourth-order valence-electron chi connectivity index (χ4n) is 1.79. The number of ether oxygens (including phenoxy) is 2. The predicted molar refractivity (Wildman–Crippen MR) is 79.9 cm³/mol. The minimum Gasteiger partial charge on any atom is -0.481 e. The highest BCUT2D eigenvalue weighted by Gasteiger charge is 2.11. The van der Waals surface area contributed by atoms with Gasteiger partial charge in [0.2, 0.25) is 11.8 Å². The van der Waals surface area contributed by atoms with Gasteiger partial charge in [0.15, 0.2) is 0 Å². The topological polar surface area (TPSA) is 60.5 Å². The first-order chi connectivity index (χ1) is 10.5. The van der Waals surface area contributed by atoms with Crippen molar-refractivity contribution in [2.24, 2.45) is 0 Å². The second-order valence-corrected chi connectivity index (χ2v) is 4.74. The zero-order valence-electron chi connectivity index (χ0n) is 12.0. The fraction of sp³-hybridized carbons (Fsp3) is 0.200. The number of methoxy groups -OCH3 is 2. The van der Waals surface area contributed by atoms with E-state index < -0.39 is 11.7 Å². The number of pyridine rings is 1. The van der Waals surface area contributed by atoms with Crippen molar-refractivity contribution in [3.63, 3.8) is 0 Å². The molecule has 0 saturated carbocycles. The van der Waals surface area contributed by atoms with Gasteiger partial charge in [-0.05, 0) is 24.3 Å². The van der Waals surface area contributed by atoms with Crippen molar-refractivity contribution in [1.82, 2.24) is 10.3 Å². The summed E-state index contributed by atoms with van der Waals surface area (Å²) in [4.78, 5) is 16.1. The Kier molecular flexibility index (Phi) is 5.16. The van der Waals surface area contributed by atoms with Crippen molar-refractivity contribution in [2.75, 3.05) is 14.2 Å². The zero-order valence-corrected chi connectivity index (χ0v) is 12.8. The first kappa shape index (κ1) is 16.0. The number of nitrogens with one attached hydrogen (secondary N) is 1. The summed E-state index contributed by atoms with van der Waals surface area (Å²) in [6.07, 6.45) is 0. The van der Waals surface area contributed by atoms with Crippen LogP contribution in [0.1, 0.15) is 15.9 Å². The van der Waals surface area contributed by atoms with Crippen molar-refractivity contribution in [1.29, 1.82) is 0 Å². The number of aromatic nitrogens is 1. The minimum atomic E-state index is -0.641. The van der Waals surface area contributed by atoms with E-state index in [4.69, 9.17) is 21.1 Å². The van der Waals surface area contributed by atoms with Crippen LogP contribution in [-0.2, 0) is 6.54 Å². The molecule has 0 aliphatic carbocycles. The summed E-state index contributed by atoms with van der Waals surface area (Å²) in [5, 5.41) is 2.63. The molecule has 0 aliphatic heterocycles. The number of rotatable bonds is 5. The van der Waals surface area contributed by atoms with E-state index in [-0.39, 0.29) is 17.1 Å². The van der Waals surface area contributed by atoms with Gasteiger partial charge in [-0.2, -0.15) is 4.98 Å². The highest BCUT2D eigenvalue weighted by atomic mass is 35.5. The lowest BCUT2D eigenvalue weighted by molar-refractivity contribution is 0.0950. The Balaban J connectivity index is 2.09. The average molecular weight is 325 g/mol. The molecule has 0 fully saturated rings. The van der Waals surface area contributed by atoms with E-state index in [0.29, 0.717) is 17.3 Å². The SMILES string of the molecule is COc1ccc(CNC(=O)c2ccc(Cl)c(F)c2)c(OC)n1. The van der Waals surface area contributed by atoms with E-state index in [9.17, 15) is 9.18 Å². The molecule has 0 bridgehead atoms. The summed E-state index contributed by atoms with van der Waals surface area (Å²) in [5.74, 6) is -0.305. The van der Waals surface area contributed by atoms with Gasteiger partial charge in [-0.3, -0.25) is 4.79 Å².